The quantitative estimate of drug-likeness (QED) is 0.141. The monoisotopic (exact) mass is 620 g/mol. The molecule has 0 N–H and O–H groups in total. The van der Waals surface area contributed by atoms with Gasteiger partial charge in [0.25, 0.3) is 0 Å². The molecule has 10 aromatic carbocycles. The van der Waals surface area contributed by atoms with Crippen molar-refractivity contribution in [2.75, 3.05) is 0 Å². The first kappa shape index (κ1) is 26.6. The summed E-state index contributed by atoms with van der Waals surface area (Å²) in [7, 11) is 0. The summed E-state index contributed by atoms with van der Waals surface area (Å²) in [5.74, 6) is 0. The molecule has 0 aliphatic rings. The van der Waals surface area contributed by atoms with Gasteiger partial charge in [0.2, 0.25) is 0 Å². The maximum Gasteiger partial charge on any atom is 0.136 e. The van der Waals surface area contributed by atoms with Crippen molar-refractivity contribution in [1.82, 2.24) is 0 Å². The molecular formula is C48H28O. The highest BCUT2D eigenvalue weighted by Gasteiger charge is 2.21. The first-order chi connectivity index (χ1) is 24.3. The van der Waals surface area contributed by atoms with E-state index in [1.54, 1.807) is 0 Å². The third-order valence-corrected chi connectivity index (χ3v) is 10.6. The number of fused-ring (bicyclic) bond motifs is 5. The Bertz CT molecular complexity index is 3050. The zero-order chi connectivity index (χ0) is 32.1. The maximum atomic E-state index is 6.35. The highest BCUT2D eigenvalue weighted by molar-refractivity contribution is 6.29. The van der Waals surface area contributed by atoms with E-state index in [1.165, 1.54) is 98.0 Å². The van der Waals surface area contributed by atoms with Gasteiger partial charge in [-0.2, -0.15) is 0 Å². The summed E-state index contributed by atoms with van der Waals surface area (Å²) in [5.41, 5.74) is 9.34. The molecule has 1 heteroatoms. The fourth-order valence-electron chi connectivity index (χ4n) is 8.53. The van der Waals surface area contributed by atoms with Gasteiger partial charge in [0.1, 0.15) is 11.2 Å². The summed E-state index contributed by atoms with van der Waals surface area (Å²) >= 11 is 0. The molecular weight excluding hydrogens is 593 g/mol. The lowest BCUT2D eigenvalue weighted by Crippen LogP contribution is -1.92. The number of furan rings is 1. The third kappa shape index (κ3) is 3.76. The second-order valence-corrected chi connectivity index (χ2v) is 13.2. The van der Waals surface area contributed by atoms with Crippen molar-refractivity contribution in [2.24, 2.45) is 0 Å². The molecule has 0 amide bonds. The van der Waals surface area contributed by atoms with Crippen LogP contribution in [0.5, 0.6) is 0 Å². The molecule has 0 fully saturated rings. The zero-order valence-corrected chi connectivity index (χ0v) is 26.6. The molecule has 226 valence electrons. The highest BCUT2D eigenvalue weighted by Crippen LogP contribution is 2.48. The molecule has 0 aliphatic carbocycles. The predicted octanol–water partition coefficient (Wildman–Crippen LogP) is 13.8. The third-order valence-electron chi connectivity index (χ3n) is 10.6. The van der Waals surface area contributed by atoms with E-state index in [0.29, 0.717) is 0 Å². The van der Waals surface area contributed by atoms with Crippen LogP contribution in [-0.4, -0.2) is 0 Å². The van der Waals surface area contributed by atoms with Crippen LogP contribution in [0.3, 0.4) is 0 Å². The van der Waals surface area contributed by atoms with Crippen LogP contribution in [-0.2, 0) is 0 Å². The Balaban J connectivity index is 1.20. The van der Waals surface area contributed by atoms with Gasteiger partial charge < -0.3 is 4.42 Å². The van der Waals surface area contributed by atoms with E-state index in [1.807, 2.05) is 0 Å². The van der Waals surface area contributed by atoms with Crippen molar-refractivity contribution < 1.29 is 4.42 Å². The molecule has 0 saturated carbocycles. The molecule has 0 saturated heterocycles. The van der Waals surface area contributed by atoms with Crippen LogP contribution in [0.15, 0.2) is 174 Å². The SMILES string of the molecule is c1cc(-c2c3ccccc3c(-c3ccc4oc5cccc6ccc3c4c65)c3ccccc23)cc(-c2cc3ccccc3c3ccccc23)c1. The van der Waals surface area contributed by atoms with Gasteiger partial charge in [-0.1, -0.05) is 140 Å². The van der Waals surface area contributed by atoms with Crippen molar-refractivity contribution >= 4 is 75.8 Å². The Morgan fingerprint density at radius 3 is 1.65 bits per heavy atom. The first-order valence-electron chi connectivity index (χ1n) is 16.9. The number of hydrogen-bond donors (Lipinski definition) is 0. The van der Waals surface area contributed by atoms with Crippen molar-refractivity contribution in [3.63, 3.8) is 0 Å². The van der Waals surface area contributed by atoms with Crippen LogP contribution in [0.2, 0.25) is 0 Å². The van der Waals surface area contributed by atoms with Gasteiger partial charge in [-0.05, 0) is 118 Å². The van der Waals surface area contributed by atoms with E-state index in [4.69, 9.17) is 4.42 Å². The van der Waals surface area contributed by atoms with Crippen LogP contribution in [0.25, 0.3) is 109 Å². The van der Waals surface area contributed by atoms with Crippen molar-refractivity contribution in [3.8, 4) is 33.4 Å². The highest BCUT2D eigenvalue weighted by atomic mass is 16.3. The summed E-state index contributed by atoms with van der Waals surface area (Å²) in [6, 6.07) is 62.2. The summed E-state index contributed by atoms with van der Waals surface area (Å²) in [6.07, 6.45) is 0. The molecule has 0 atom stereocenters. The van der Waals surface area contributed by atoms with E-state index in [0.717, 1.165) is 11.2 Å². The van der Waals surface area contributed by atoms with Crippen LogP contribution >= 0.6 is 0 Å². The minimum Gasteiger partial charge on any atom is -0.456 e. The largest absolute Gasteiger partial charge is 0.456 e. The first-order valence-corrected chi connectivity index (χ1v) is 16.9. The summed E-state index contributed by atoms with van der Waals surface area (Å²) in [4.78, 5) is 0. The molecule has 0 radical (unpaired) electrons. The lowest BCUT2D eigenvalue weighted by Gasteiger charge is -2.19. The Labute approximate surface area is 282 Å². The number of rotatable bonds is 3. The van der Waals surface area contributed by atoms with E-state index in [-0.39, 0.29) is 0 Å². The summed E-state index contributed by atoms with van der Waals surface area (Å²) in [5, 5.41) is 15.0. The number of benzene rings is 10. The van der Waals surface area contributed by atoms with Crippen LogP contribution < -0.4 is 0 Å². The van der Waals surface area contributed by atoms with Crippen molar-refractivity contribution in [1.29, 1.82) is 0 Å². The standard InChI is InChI=1S/C48H28O/c1-2-15-33-31(11-1)28-42(35-17-4-3-16-34(33)35)30-13-9-14-32(27-30)45-36-18-5-7-20-38(36)47(39-21-8-6-19-37(39)45)40-25-26-44-48-41(40)24-23-29-12-10-22-43(49-44)46(29)48/h1-28H. The molecule has 49 heavy (non-hydrogen) atoms. The molecule has 0 spiro atoms. The van der Waals surface area contributed by atoms with Crippen molar-refractivity contribution in [2.45, 2.75) is 0 Å². The molecule has 11 aromatic rings. The number of hydrogen-bond acceptors (Lipinski definition) is 1. The van der Waals surface area contributed by atoms with E-state index < -0.39 is 0 Å². The van der Waals surface area contributed by atoms with Crippen LogP contribution in [0.4, 0.5) is 0 Å². The Kier molecular flexibility index (Phi) is 5.45. The van der Waals surface area contributed by atoms with E-state index in [9.17, 15) is 0 Å². The smallest absolute Gasteiger partial charge is 0.136 e. The Morgan fingerprint density at radius 1 is 0.286 bits per heavy atom. The van der Waals surface area contributed by atoms with Crippen molar-refractivity contribution in [3.05, 3.63) is 170 Å². The van der Waals surface area contributed by atoms with Crippen LogP contribution in [0, 0.1) is 0 Å². The molecule has 11 rings (SSSR count). The Morgan fingerprint density at radius 2 is 0.878 bits per heavy atom. The van der Waals surface area contributed by atoms with Gasteiger partial charge in [0, 0.05) is 10.8 Å². The summed E-state index contributed by atoms with van der Waals surface area (Å²) in [6.45, 7) is 0. The normalized spacial score (nSPS) is 12.1. The molecule has 0 bridgehead atoms. The Hall–Kier alpha value is -6.44. The van der Waals surface area contributed by atoms with Gasteiger partial charge in [0.05, 0.1) is 0 Å². The molecule has 1 nitrogen and oxygen atoms in total. The second-order valence-electron chi connectivity index (χ2n) is 13.2. The minimum absolute atomic E-state index is 0.939. The predicted molar refractivity (Wildman–Crippen MR) is 209 cm³/mol. The zero-order valence-electron chi connectivity index (χ0n) is 26.6. The lowest BCUT2D eigenvalue weighted by molar-refractivity contribution is 0.669. The fraction of sp³-hybridized carbons (Fsp3) is 0. The maximum absolute atomic E-state index is 6.35. The lowest BCUT2D eigenvalue weighted by atomic mass is 9.83. The minimum atomic E-state index is 0.939. The van der Waals surface area contributed by atoms with E-state index >= 15 is 0 Å². The molecule has 0 aliphatic heterocycles. The summed E-state index contributed by atoms with van der Waals surface area (Å²) < 4.78 is 6.35. The molecule has 0 unspecified atom stereocenters. The fourth-order valence-corrected chi connectivity index (χ4v) is 8.53. The molecule has 1 heterocycles. The second kappa shape index (κ2) is 10.0. The average Bonchev–Trinajstić information content (AvgIpc) is 3.56. The topological polar surface area (TPSA) is 13.1 Å². The van der Waals surface area contributed by atoms with Gasteiger partial charge in [-0.3, -0.25) is 0 Å². The molecule has 1 aromatic heterocycles. The van der Waals surface area contributed by atoms with Gasteiger partial charge in [-0.25, -0.2) is 0 Å². The van der Waals surface area contributed by atoms with E-state index in [2.05, 4.69) is 170 Å². The average molecular weight is 621 g/mol. The van der Waals surface area contributed by atoms with Gasteiger partial charge >= 0.3 is 0 Å². The van der Waals surface area contributed by atoms with Gasteiger partial charge in [-0.15, -0.1) is 0 Å². The van der Waals surface area contributed by atoms with Crippen LogP contribution in [0.1, 0.15) is 0 Å². The van der Waals surface area contributed by atoms with Gasteiger partial charge in [0.15, 0.2) is 0 Å².